The van der Waals surface area contributed by atoms with Gasteiger partial charge in [0.05, 0.1) is 0 Å². The van der Waals surface area contributed by atoms with Gasteiger partial charge in [0.1, 0.15) is 11.4 Å². The molecule has 0 aliphatic heterocycles. The monoisotopic (exact) mass is 312 g/mol. The molecule has 0 saturated heterocycles. The number of hydrogen-bond donors (Lipinski definition) is 3. The van der Waals surface area contributed by atoms with Gasteiger partial charge in [-0.25, -0.2) is 14.8 Å². The van der Waals surface area contributed by atoms with E-state index in [1.165, 1.54) is 0 Å². The Labute approximate surface area is 98.1 Å². The molecule has 0 unspecified atom stereocenters. The van der Waals surface area contributed by atoms with Crippen molar-refractivity contribution in [3.8, 4) is 0 Å². The number of primary amides is 2. The standard InChI is InChI=1S/C6H8N2O.CH4N2O.HI/c1-4-3-5(2)8-6(9)7-4;2-1(3)4;/h3H,1-2H3,(H,7,8,9);(H4,2,3,4);1H. The van der Waals surface area contributed by atoms with Crippen LogP contribution in [0.1, 0.15) is 11.4 Å². The number of rotatable bonds is 0. The molecule has 0 atom stereocenters. The van der Waals surface area contributed by atoms with Gasteiger partial charge in [-0.3, -0.25) is 0 Å². The Morgan fingerprint density at radius 2 is 1.86 bits per heavy atom. The molecule has 0 aromatic carbocycles. The van der Waals surface area contributed by atoms with Gasteiger partial charge in [0.25, 0.3) is 0 Å². The second-order valence-electron chi connectivity index (χ2n) is 2.49. The second kappa shape index (κ2) is 7.30. The fourth-order valence-electron chi connectivity index (χ4n) is 0.786. The number of H-pyrrole nitrogens is 2. The smallest absolute Gasteiger partial charge is 0.493 e. The summed E-state index contributed by atoms with van der Waals surface area (Å²) >= 11 is 0. The molecule has 0 aliphatic carbocycles. The summed E-state index contributed by atoms with van der Waals surface area (Å²) in [4.78, 5) is 24.8. The van der Waals surface area contributed by atoms with Gasteiger partial charge in [-0.05, 0) is 13.8 Å². The SMILES string of the molecule is Cc1cc(C)[nH+]c(=O)[nH]1.NC(N)=O.[I-]. The molecule has 0 spiro atoms. The molecule has 0 radical (unpaired) electrons. The summed E-state index contributed by atoms with van der Waals surface area (Å²) in [6.45, 7) is 3.70. The summed E-state index contributed by atoms with van der Waals surface area (Å²) in [7, 11) is 0. The number of carbonyl (C=O) groups is 1. The quantitative estimate of drug-likeness (QED) is 0.422. The Bertz CT molecular complexity index is 323. The predicted octanol–water partition coefficient (Wildman–Crippen LogP) is -4.17. The van der Waals surface area contributed by atoms with Crippen LogP contribution < -0.4 is 46.1 Å². The van der Waals surface area contributed by atoms with Crippen molar-refractivity contribution in [2.75, 3.05) is 0 Å². The van der Waals surface area contributed by atoms with Crippen LogP contribution in [-0.2, 0) is 0 Å². The van der Waals surface area contributed by atoms with Crippen LogP contribution in [0, 0.1) is 13.8 Å². The van der Waals surface area contributed by atoms with Crippen molar-refractivity contribution in [3.05, 3.63) is 27.9 Å². The number of carbonyl (C=O) groups excluding carboxylic acids is 1. The van der Waals surface area contributed by atoms with Crippen molar-refractivity contribution in [1.29, 1.82) is 0 Å². The van der Waals surface area contributed by atoms with Gasteiger partial charge in [-0.1, -0.05) is 0 Å². The van der Waals surface area contributed by atoms with Crippen LogP contribution in [0.15, 0.2) is 10.9 Å². The largest absolute Gasteiger partial charge is 1.00 e. The van der Waals surface area contributed by atoms with Crippen LogP contribution in [0.5, 0.6) is 0 Å². The van der Waals surface area contributed by atoms with Crippen LogP contribution >= 0.6 is 0 Å². The van der Waals surface area contributed by atoms with Crippen LogP contribution in [-0.4, -0.2) is 11.0 Å². The lowest BCUT2D eigenvalue weighted by Crippen LogP contribution is -3.00. The van der Waals surface area contributed by atoms with E-state index in [4.69, 9.17) is 4.79 Å². The molecule has 80 valence electrons. The first-order valence-corrected chi connectivity index (χ1v) is 3.56. The Morgan fingerprint density at radius 3 is 2.14 bits per heavy atom. The summed E-state index contributed by atoms with van der Waals surface area (Å²) < 4.78 is 0. The third-order valence-electron chi connectivity index (χ3n) is 1.05. The fourth-order valence-corrected chi connectivity index (χ4v) is 0.786. The van der Waals surface area contributed by atoms with E-state index in [9.17, 15) is 4.79 Å². The van der Waals surface area contributed by atoms with Gasteiger partial charge >= 0.3 is 11.7 Å². The first kappa shape index (κ1) is 15.4. The molecule has 0 fully saturated rings. The van der Waals surface area contributed by atoms with Crippen LogP contribution in [0.3, 0.4) is 0 Å². The lowest BCUT2D eigenvalue weighted by molar-refractivity contribution is -0.411. The predicted molar refractivity (Wildman–Crippen MR) is 46.9 cm³/mol. The van der Waals surface area contributed by atoms with Crippen molar-refractivity contribution in [3.63, 3.8) is 0 Å². The van der Waals surface area contributed by atoms with E-state index in [1.807, 2.05) is 19.9 Å². The Kier molecular flexibility index (Phi) is 8.01. The van der Waals surface area contributed by atoms with Gasteiger partial charge in [-0.2, -0.15) is 4.79 Å². The van der Waals surface area contributed by atoms with Crippen molar-refractivity contribution in [1.82, 2.24) is 4.98 Å². The number of nitrogens with one attached hydrogen (secondary N) is 2. The van der Waals surface area contributed by atoms with Gasteiger partial charge in [0, 0.05) is 6.07 Å². The third kappa shape index (κ3) is 8.97. The molecule has 0 aliphatic rings. The highest BCUT2D eigenvalue weighted by Crippen LogP contribution is 1.85. The minimum atomic E-state index is -0.833. The van der Waals surface area contributed by atoms with Crippen LogP contribution in [0.25, 0.3) is 0 Å². The van der Waals surface area contributed by atoms with Crippen LogP contribution in [0.2, 0.25) is 0 Å². The van der Waals surface area contributed by atoms with Crippen molar-refractivity contribution in [2.24, 2.45) is 11.5 Å². The summed E-state index contributed by atoms with van der Waals surface area (Å²) in [6, 6.07) is 1.04. The number of amides is 2. The summed E-state index contributed by atoms with van der Waals surface area (Å²) in [6.07, 6.45) is 0. The number of aromatic nitrogens is 2. The molecule has 6 N–H and O–H groups in total. The molecule has 6 nitrogen and oxygen atoms in total. The average Bonchev–Trinajstić information content (AvgIpc) is 1.80. The molecule has 0 bridgehead atoms. The summed E-state index contributed by atoms with van der Waals surface area (Å²) in [5.41, 5.74) is 10.1. The second-order valence-corrected chi connectivity index (χ2v) is 2.49. The molecule has 7 heteroatoms. The number of aryl methyl sites for hydroxylation is 2. The van der Waals surface area contributed by atoms with E-state index in [1.54, 1.807) is 0 Å². The van der Waals surface area contributed by atoms with Crippen molar-refractivity contribution >= 4 is 6.03 Å². The van der Waals surface area contributed by atoms with E-state index in [0.29, 0.717) is 0 Å². The average molecular weight is 312 g/mol. The number of aromatic amines is 2. The molecule has 2 amide bonds. The molecule has 1 rings (SSSR count). The normalized spacial score (nSPS) is 7.86. The first-order valence-electron chi connectivity index (χ1n) is 3.56. The minimum absolute atomic E-state index is 0. The molecular formula is C7H13IN4O2. The van der Waals surface area contributed by atoms with Gasteiger partial charge in [0.2, 0.25) is 0 Å². The fraction of sp³-hybridized carbons (Fsp3) is 0.286. The summed E-state index contributed by atoms with van der Waals surface area (Å²) in [5.74, 6) is 0. The molecule has 1 aromatic rings. The highest BCUT2D eigenvalue weighted by molar-refractivity contribution is 5.69. The topological polar surface area (TPSA) is 116 Å². The molecule has 14 heavy (non-hydrogen) atoms. The molecular weight excluding hydrogens is 299 g/mol. The van der Waals surface area contributed by atoms with Crippen molar-refractivity contribution < 1.29 is 33.8 Å². The molecule has 1 heterocycles. The molecule has 0 saturated carbocycles. The van der Waals surface area contributed by atoms with Gasteiger partial charge in [0.15, 0.2) is 0 Å². The van der Waals surface area contributed by atoms with Crippen LogP contribution in [0.4, 0.5) is 4.79 Å². The van der Waals surface area contributed by atoms with E-state index < -0.39 is 6.03 Å². The number of hydrogen-bond acceptors (Lipinski definition) is 2. The maximum Gasteiger partial charge on any atom is 0.493 e. The van der Waals surface area contributed by atoms with E-state index >= 15 is 0 Å². The number of halogens is 1. The zero-order valence-corrected chi connectivity index (χ0v) is 10.1. The first-order chi connectivity index (χ1) is 5.91. The van der Waals surface area contributed by atoms with Gasteiger partial charge < -0.3 is 35.4 Å². The van der Waals surface area contributed by atoms with Crippen molar-refractivity contribution in [2.45, 2.75) is 13.8 Å². The third-order valence-corrected chi connectivity index (χ3v) is 1.05. The van der Waals surface area contributed by atoms with Gasteiger partial charge in [-0.15, -0.1) is 0 Å². The summed E-state index contributed by atoms with van der Waals surface area (Å²) in [5, 5.41) is 0. The van der Waals surface area contributed by atoms with E-state index in [-0.39, 0.29) is 29.7 Å². The van der Waals surface area contributed by atoms with E-state index in [2.05, 4.69) is 21.4 Å². The Balaban J connectivity index is 0. The zero-order chi connectivity index (χ0) is 10.4. The van der Waals surface area contributed by atoms with E-state index in [0.717, 1.165) is 11.4 Å². The maximum atomic E-state index is 10.6. The maximum absolute atomic E-state index is 10.6. The minimum Gasteiger partial charge on any atom is -1.00 e. The highest BCUT2D eigenvalue weighted by atomic mass is 127. The lowest BCUT2D eigenvalue weighted by atomic mass is 10.4. The highest BCUT2D eigenvalue weighted by Gasteiger charge is 1.95. The lowest BCUT2D eigenvalue weighted by Gasteiger charge is -1.84. The Morgan fingerprint density at radius 1 is 1.43 bits per heavy atom. The zero-order valence-electron chi connectivity index (χ0n) is 7.93. The molecule has 1 aromatic heterocycles. The number of nitrogens with two attached hydrogens (primary N) is 2. The number of urea groups is 1. The Hall–Kier alpha value is -1.12.